The zero-order valence-electron chi connectivity index (χ0n) is 10.7. The molecule has 0 N–H and O–H groups in total. The van der Waals surface area contributed by atoms with E-state index in [9.17, 15) is 0 Å². The van der Waals surface area contributed by atoms with Gasteiger partial charge in [0, 0.05) is 68.0 Å². The Morgan fingerprint density at radius 1 is 0.611 bits per heavy atom. The third kappa shape index (κ3) is 9.92. The van der Waals surface area contributed by atoms with Gasteiger partial charge in [0.05, 0.1) is 0 Å². The second-order valence-electron chi connectivity index (χ2n) is 4.29. The van der Waals surface area contributed by atoms with Gasteiger partial charge in [-0.15, -0.1) is 0 Å². The maximum absolute atomic E-state index is 2.15. The van der Waals surface area contributed by atoms with E-state index in [0.717, 1.165) is 10.5 Å². The van der Waals surface area contributed by atoms with E-state index in [4.69, 9.17) is 0 Å². The van der Waals surface area contributed by atoms with Crippen molar-refractivity contribution in [2.75, 3.05) is 57.5 Å². The average Bonchev–Trinajstić information content (AvgIpc) is 3.25. The smallest absolute Gasteiger partial charge is 0.0229 e. The lowest BCUT2D eigenvalue weighted by Crippen LogP contribution is -1.95. The Balaban J connectivity index is 1.19. The molecule has 0 aromatic carbocycles. The lowest BCUT2D eigenvalue weighted by Gasteiger charge is -2.02. The Kier molecular flexibility index (Phi) is 9.86. The fourth-order valence-electron chi connectivity index (χ4n) is 1.32. The quantitative estimate of drug-likeness (QED) is 0.356. The van der Waals surface area contributed by atoms with Crippen molar-refractivity contribution in [2.24, 2.45) is 0 Å². The molecule has 6 heteroatoms. The first kappa shape index (κ1) is 16.5. The molecule has 0 aromatic rings. The van der Waals surface area contributed by atoms with Gasteiger partial charge in [-0.05, 0) is 0 Å². The topological polar surface area (TPSA) is 0 Å². The molecule has 2 aliphatic heterocycles. The minimum absolute atomic E-state index is 1.02. The minimum Gasteiger partial charge on any atom is -0.160 e. The second kappa shape index (κ2) is 10.8. The normalized spacial score (nSPS) is 25.3. The summed E-state index contributed by atoms with van der Waals surface area (Å²) in [6, 6.07) is 0. The maximum atomic E-state index is 2.15. The van der Waals surface area contributed by atoms with E-state index in [2.05, 4.69) is 70.6 Å². The molecule has 2 aliphatic rings. The van der Waals surface area contributed by atoms with Crippen LogP contribution in [0.3, 0.4) is 0 Å². The highest BCUT2D eigenvalue weighted by molar-refractivity contribution is 8.09. The highest BCUT2D eigenvalue weighted by Gasteiger charge is 2.21. The summed E-state index contributed by atoms with van der Waals surface area (Å²) in [4.78, 5) is 0. The molecule has 106 valence electrons. The van der Waals surface area contributed by atoms with Gasteiger partial charge in [0.2, 0.25) is 0 Å². The molecular formula is C12H22S6. The minimum atomic E-state index is 1.02. The fourth-order valence-corrected chi connectivity index (χ4v) is 7.80. The summed E-state index contributed by atoms with van der Waals surface area (Å²) >= 11 is 12.8. The molecule has 0 amide bonds. The van der Waals surface area contributed by atoms with Crippen molar-refractivity contribution < 1.29 is 0 Å². The van der Waals surface area contributed by atoms with Crippen molar-refractivity contribution in [2.45, 2.75) is 10.5 Å². The van der Waals surface area contributed by atoms with Crippen LogP contribution >= 0.6 is 70.6 Å². The molecule has 2 saturated heterocycles. The first-order chi connectivity index (χ1) is 8.95. The van der Waals surface area contributed by atoms with E-state index in [1.165, 1.54) is 57.5 Å². The van der Waals surface area contributed by atoms with E-state index in [-0.39, 0.29) is 0 Å². The molecule has 2 atom stereocenters. The van der Waals surface area contributed by atoms with Crippen LogP contribution < -0.4 is 0 Å². The Morgan fingerprint density at radius 2 is 0.944 bits per heavy atom. The molecule has 0 nitrogen and oxygen atoms in total. The summed E-state index contributed by atoms with van der Waals surface area (Å²) in [5.74, 6) is 13.8. The molecule has 0 bridgehead atoms. The van der Waals surface area contributed by atoms with Gasteiger partial charge >= 0.3 is 0 Å². The third-order valence-corrected chi connectivity index (χ3v) is 9.90. The van der Waals surface area contributed by atoms with Gasteiger partial charge in [-0.1, -0.05) is 0 Å². The molecule has 2 fully saturated rings. The lowest BCUT2D eigenvalue weighted by atomic mass is 10.6. The standard InChI is InChI=1S/C12H22S6/c1(13-3-5-15-7-11-9-17-11)2-14-4-6-16-8-12-10-18-12/h11-12H,1-10H2. The fraction of sp³-hybridized carbons (Fsp3) is 1.00. The molecule has 0 aliphatic carbocycles. The number of hydrogen-bond donors (Lipinski definition) is 0. The van der Waals surface area contributed by atoms with E-state index in [1.807, 2.05) is 0 Å². The van der Waals surface area contributed by atoms with Crippen LogP contribution in [0.25, 0.3) is 0 Å². The summed E-state index contributed by atoms with van der Waals surface area (Å²) < 4.78 is 0. The first-order valence-corrected chi connectivity index (χ1v) is 13.2. The predicted molar refractivity (Wildman–Crippen MR) is 102 cm³/mol. The number of thioether (sulfide) groups is 6. The summed E-state index contributed by atoms with van der Waals surface area (Å²) in [5, 5.41) is 2.03. The predicted octanol–water partition coefficient (Wildman–Crippen LogP) is 4.15. The second-order valence-corrected chi connectivity index (χ2v) is 11.7. The van der Waals surface area contributed by atoms with E-state index >= 15 is 0 Å². The van der Waals surface area contributed by atoms with Crippen molar-refractivity contribution in [1.82, 2.24) is 0 Å². The lowest BCUT2D eigenvalue weighted by molar-refractivity contribution is 1.26. The summed E-state index contributed by atoms with van der Waals surface area (Å²) in [7, 11) is 0. The van der Waals surface area contributed by atoms with Gasteiger partial charge in [-0.25, -0.2) is 0 Å². The molecular weight excluding hydrogens is 337 g/mol. The molecule has 18 heavy (non-hydrogen) atoms. The molecule has 2 heterocycles. The van der Waals surface area contributed by atoms with E-state index in [1.54, 1.807) is 0 Å². The van der Waals surface area contributed by atoms with Crippen molar-refractivity contribution in [3.05, 3.63) is 0 Å². The summed E-state index contributed by atoms with van der Waals surface area (Å²) in [5.41, 5.74) is 0. The summed E-state index contributed by atoms with van der Waals surface area (Å²) in [6.45, 7) is 0. The Labute approximate surface area is 137 Å². The average molecular weight is 359 g/mol. The number of rotatable bonds is 13. The van der Waals surface area contributed by atoms with E-state index in [0.29, 0.717) is 0 Å². The maximum Gasteiger partial charge on any atom is 0.0229 e. The number of hydrogen-bond acceptors (Lipinski definition) is 6. The highest BCUT2D eigenvalue weighted by Crippen LogP contribution is 2.33. The summed E-state index contributed by atoms with van der Waals surface area (Å²) in [6.07, 6.45) is 0. The first-order valence-electron chi connectivity index (χ1n) is 6.49. The molecule has 2 unspecified atom stereocenters. The SMILES string of the molecule is C(CSCCSCC1CS1)SCCSCC1CS1. The van der Waals surface area contributed by atoms with Gasteiger partial charge in [-0.3, -0.25) is 0 Å². The largest absolute Gasteiger partial charge is 0.160 e. The molecule has 0 radical (unpaired) electrons. The Bertz CT molecular complexity index is 183. The van der Waals surface area contributed by atoms with Crippen LogP contribution in [-0.4, -0.2) is 68.0 Å². The van der Waals surface area contributed by atoms with Gasteiger partial charge < -0.3 is 0 Å². The van der Waals surface area contributed by atoms with Crippen LogP contribution in [0.4, 0.5) is 0 Å². The van der Waals surface area contributed by atoms with Crippen molar-refractivity contribution in [3.8, 4) is 0 Å². The zero-order valence-corrected chi connectivity index (χ0v) is 15.6. The van der Waals surface area contributed by atoms with Gasteiger partial charge in [0.25, 0.3) is 0 Å². The molecule has 2 rings (SSSR count). The van der Waals surface area contributed by atoms with Crippen LogP contribution in [0.2, 0.25) is 0 Å². The van der Waals surface area contributed by atoms with Crippen molar-refractivity contribution >= 4 is 70.6 Å². The highest BCUT2D eigenvalue weighted by atomic mass is 32.2. The van der Waals surface area contributed by atoms with Crippen molar-refractivity contribution in [3.63, 3.8) is 0 Å². The van der Waals surface area contributed by atoms with Crippen LogP contribution in [-0.2, 0) is 0 Å². The molecule has 0 saturated carbocycles. The van der Waals surface area contributed by atoms with Crippen LogP contribution in [0.15, 0.2) is 0 Å². The zero-order chi connectivity index (χ0) is 12.5. The Hall–Kier alpha value is 2.10. The Morgan fingerprint density at radius 3 is 1.28 bits per heavy atom. The van der Waals surface area contributed by atoms with Crippen LogP contribution in [0, 0.1) is 0 Å². The van der Waals surface area contributed by atoms with Crippen LogP contribution in [0.5, 0.6) is 0 Å². The third-order valence-electron chi connectivity index (χ3n) is 2.53. The molecule has 0 aromatic heterocycles. The van der Waals surface area contributed by atoms with E-state index < -0.39 is 0 Å². The van der Waals surface area contributed by atoms with Gasteiger partial charge in [-0.2, -0.15) is 70.6 Å². The van der Waals surface area contributed by atoms with Crippen LogP contribution in [0.1, 0.15) is 0 Å². The monoisotopic (exact) mass is 358 g/mol. The molecule has 0 spiro atoms. The van der Waals surface area contributed by atoms with Gasteiger partial charge in [0.15, 0.2) is 0 Å². The van der Waals surface area contributed by atoms with Crippen molar-refractivity contribution in [1.29, 1.82) is 0 Å². The van der Waals surface area contributed by atoms with Gasteiger partial charge in [0.1, 0.15) is 0 Å².